The van der Waals surface area contributed by atoms with Gasteiger partial charge in [-0.05, 0) is 47.0 Å². The van der Waals surface area contributed by atoms with Crippen LogP contribution in [0.25, 0.3) is 0 Å². The molecule has 21 heavy (non-hydrogen) atoms. The van der Waals surface area contributed by atoms with E-state index in [1.165, 1.54) is 0 Å². The van der Waals surface area contributed by atoms with Crippen LogP contribution in [0.1, 0.15) is 53.4 Å². The standard InChI is InChI=1S/C15H25IO5/c1-13(2,3)20-12(18)10-7-11(16)14(4)6-5-9(17)8-15(10,19)21-14/h9-11,17,19H,5-8H2,1-4H3/t9-,10-,11-,14-,15-/m0/s1. The van der Waals surface area contributed by atoms with Crippen LogP contribution in [0.2, 0.25) is 0 Å². The largest absolute Gasteiger partial charge is 0.460 e. The normalized spacial score (nSPS) is 44.0. The van der Waals surface area contributed by atoms with Gasteiger partial charge in [0, 0.05) is 10.3 Å². The summed E-state index contributed by atoms with van der Waals surface area (Å²) in [4.78, 5) is 12.4. The average molecular weight is 412 g/mol. The second-order valence-electron chi connectivity index (χ2n) is 7.45. The van der Waals surface area contributed by atoms with Crippen molar-refractivity contribution in [1.82, 2.24) is 0 Å². The number of rotatable bonds is 1. The van der Waals surface area contributed by atoms with Gasteiger partial charge in [0.05, 0.1) is 11.7 Å². The Bertz CT molecular complexity index is 421. The van der Waals surface area contributed by atoms with Gasteiger partial charge in [0.1, 0.15) is 11.5 Å². The molecule has 5 atom stereocenters. The molecule has 0 amide bonds. The highest BCUT2D eigenvalue weighted by Gasteiger charge is 2.58. The van der Waals surface area contributed by atoms with Gasteiger partial charge in [0.15, 0.2) is 5.79 Å². The lowest BCUT2D eigenvalue weighted by molar-refractivity contribution is -0.308. The van der Waals surface area contributed by atoms with Crippen molar-refractivity contribution < 1.29 is 24.5 Å². The monoisotopic (exact) mass is 412 g/mol. The lowest BCUT2D eigenvalue weighted by Crippen LogP contribution is -2.59. The number of alkyl halides is 1. The van der Waals surface area contributed by atoms with Gasteiger partial charge in [0.25, 0.3) is 0 Å². The van der Waals surface area contributed by atoms with Gasteiger partial charge in [-0.25, -0.2) is 0 Å². The average Bonchev–Trinajstić information content (AvgIpc) is 2.38. The maximum atomic E-state index is 12.4. The third-order valence-corrected chi connectivity index (χ3v) is 6.08. The van der Waals surface area contributed by atoms with E-state index in [9.17, 15) is 15.0 Å². The molecular formula is C15H25IO5. The molecule has 2 bridgehead atoms. The van der Waals surface area contributed by atoms with E-state index in [1.807, 2.05) is 6.92 Å². The van der Waals surface area contributed by atoms with E-state index < -0.39 is 35.0 Å². The molecule has 2 N–H and O–H groups in total. The van der Waals surface area contributed by atoms with Crippen LogP contribution in [-0.2, 0) is 14.3 Å². The molecular weight excluding hydrogens is 387 g/mol. The van der Waals surface area contributed by atoms with Gasteiger partial charge in [-0.1, -0.05) is 22.6 Å². The molecule has 0 unspecified atom stereocenters. The van der Waals surface area contributed by atoms with Crippen LogP contribution >= 0.6 is 22.6 Å². The first-order valence-electron chi connectivity index (χ1n) is 7.43. The van der Waals surface area contributed by atoms with Crippen LogP contribution in [0.3, 0.4) is 0 Å². The quantitative estimate of drug-likeness (QED) is 0.392. The lowest BCUT2D eigenvalue weighted by Gasteiger charge is -2.49. The first-order valence-corrected chi connectivity index (χ1v) is 8.67. The summed E-state index contributed by atoms with van der Waals surface area (Å²) < 4.78 is 11.4. The highest BCUT2D eigenvalue weighted by molar-refractivity contribution is 14.1. The minimum atomic E-state index is -1.64. The topological polar surface area (TPSA) is 76.0 Å². The summed E-state index contributed by atoms with van der Waals surface area (Å²) in [6.07, 6.45) is 1.12. The molecule has 2 fully saturated rings. The minimum absolute atomic E-state index is 0.0514. The number of esters is 1. The Balaban J connectivity index is 2.28. The number of carbonyl (C=O) groups excluding carboxylic acids is 1. The Morgan fingerprint density at radius 1 is 1.43 bits per heavy atom. The molecule has 6 heteroatoms. The number of ether oxygens (including phenoxy) is 2. The van der Waals surface area contributed by atoms with Gasteiger partial charge in [-0.15, -0.1) is 0 Å². The summed E-state index contributed by atoms with van der Waals surface area (Å²) in [7, 11) is 0. The van der Waals surface area contributed by atoms with E-state index >= 15 is 0 Å². The van der Waals surface area contributed by atoms with Crippen LogP contribution in [0.5, 0.6) is 0 Å². The molecule has 2 saturated heterocycles. The summed E-state index contributed by atoms with van der Waals surface area (Å²) in [6, 6.07) is 0. The maximum absolute atomic E-state index is 12.4. The number of carbonyl (C=O) groups is 1. The van der Waals surface area contributed by atoms with Gasteiger partial charge < -0.3 is 19.7 Å². The van der Waals surface area contributed by atoms with Gasteiger partial charge in [-0.2, -0.15) is 0 Å². The molecule has 0 saturated carbocycles. The molecule has 2 aliphatic rings. The summed E-state index contributed by atoms with van der Waals surface area (Å²) in [5.41, 5.74) is -1.14. The van der Waals surface area contributed by atoms with Crippen LogP contribution in [0.15, 0.2) is 0 Å². The van der Waals surface area contributed by atoms with Crippen LogP contribution < -0.4 is 0 Å². The van der Waals surface area contributed by atoms with E-state index in [0.29, 0.717) is 19.3 Å². The summed E-state index contributed by atoms with van der Waals surface area (Å²) in [5, 5.41) is 20.9. The Hall–Kier alpha value is 0.0800. The zero-order chi connectivity index (χ0) is 16.1. The summed E-state index contributed by atoms with van der Waals surface area (Å²) in [6.45, 7) is 7.34. The summed E-state index contributed by atoms with van der Waals surface area (Å²) in [5.74, 6) is -2.86. The van der Waals surface area contributed by atoms with E-state index in [4.69, 9.17) is 9.47 Å². The fraction of sp³-hybridized carbons (Fsp3) is 0.933. The van der Waals surface area contributed by atoms with Crippen LogP contribution in [0.4, 0.5) is 0 Å². The fourth-order valence-corrected chi connectivity index (χ4v) is 4.06. The van der Waals surface area contributed by atoms with Crippen molar-refractivity contribution in [2.45, 2.75) is 80.4 Å². The zero-order valence-corrected chi connectivity index (χ0v) is 15.2. The van der Waals surface area contributed by atoms with Crippen molar-refractivity contribution in [1.29, 1.82) is 0 Å². The highest BCUT2D eigenvalue weighted by Crippen LogP contribution is 2.49. The van der Waals surface area contributed by atoms with Crippen molar-refractivity contribution in [2.24, 2.45) is 5.92 Å². The van der Waals surface area contributed by atoms with E-state index in [2.05, 4.69) is 22.6 Å². The first kappa shape index (κ1) is 17.4. The van der Waals surface area contributed by atoms with Crippen molar-refractivity contribution in [2.75, 3.05) is 0 Å². The van der Waals surface area contributed by atoms with Crippen molar-refractivity contribution in [3.63, 3.8) is 0 Å². The van der Waals surface area contributed by atoms with Gasteiger partial charge >= 0.3 is 5.97 Å². The maximum Gasteiger partial charge on any atom is 0.314 e. The highest BCUT2D eigenvalue weighted by atomic mass is 127. The Labute approximate surface area is 139 Å². The van der Waals surface area contributed by atoms with Crippen LogP contribution in [-0.4, -0.2) is 43.2 Å². The van der Waals surface area contributed by atoms with Gasteiger partial charge in [-0.3, -0.25) is 4.79 Å². The molecule has 0 radical (unpaired) electrons. The molecule has 0 aromatic rings. The Morgan fingerprint density at radius 2 is 2.05 bits per heavy atom. The number of aliphatic hydroxyl groups is 2. The molecule has 0 aromatic carbocycles. The number of hydrogen-bond donors (Lipinski definition) is 2. The minimum Gasteiger partial charge on any atom is -0.460 e. The molecule has 0 spiro atoms. The molecule has 2 aliphatic heterocycles. The second-order valence-corrected chi connectivity index (χ2v) is 8.95. The van der Waals surface area contributed by atoms with Crippen molar-refractivity contribution >= 4 is 28.6 Å². The number of aliphatic hydroxyl groups excluding tert-OH is 1. The van der Waals surface area contributed by atoms with Crippen molar-refractivity contribution in [3.8, 4) is 0 Å². The van der Waals surface area contributed by atoms with E-state index in [1.54, 1.807) is 20.8 Å². The molecule has 122 valence electrons. The predicted molar refractivity (Wildman–Crippen MR) is 86.1 cm³/mol. The molecule has 0 aromatic heterocycles. The molecule has 2 rings (SSSR count). The lowest BCUT2D eigenvalue weighted by atomic mass is 9.82. The number of fused-ring (bicyclic) bond motifs is 2. The third-order valence-electron chi connectivity index (χ3n) is 4.25. The SMILES string of the molecule is CC(C)(C)OC(=O)[C@@H]1C[C@H](I)[C@]2(C)CC[C@H](O)C[C@]1(O)O2. The fourth-order valence-electron chi connectivity index (χ4n) is 3.12. The number of halogens is 1. The van der Waals surface area contributed by atoms with Gasteiger partial charge in [0.2, 0.25) is 0 Å². The predicted octanol–water partition coefficient (Wildman–Crippen LogP) is 2.16. The van der Waals surface area contributed by atoms with E-state index in [-0.39, 0.29) is 10.3 Å². The first-order chi connectivity index (χ1) is 9.45. The Kier molecular flexibility index (Phi) is 4.66. The third kappa shape index (κ3) is 3.71. The molecule has 2 heterocycles. The Morgan fingerprint density at radius 3 is 2.62 bits per heavy atom. The summed E-state index contributed by atoms with van der Waals surface area (Å²) >= 11 is 2.27. The zero-order valence-electron chi connectivity index (χ0n) is 13.1. The smallest absolute Gasteiger partial charge is 0.314 e. The number of hydrogen-bond acceptors (Lipinski definition) is 5. The second kappa shape index (κ2) is 5.62. The van der Waals surface area contributed by atoms with E-state index in [0.717, 1.165) is 0 Å². The van der Waals surface area contributed by atoms with Crippen molar-refractivity contribution in [3.05, 3.63) is 0 Å². The van der Waals surface area contributed by atoms with Crippen LogP contribution in [0, 0.1) is 5.92 Å². The molecule has 0 aliphatic carbocycles. The molecule has 5 nitrogen and oxygen atoms in total.